The molecule has 45 heavy (non-hydrogen) atoms. The van der Waals surface area contributed by atoms with Gasteiger partial charge in [0.05, 0.1) is 16.8 Å². The second kappa shape index (κ2) is 13.2. The molecule has 1 aliphatic carbocycles. The second-order valence-electron chi connectivity index (χ2n) is 11.2. The van der Waals surface area contributed by atoms with Crippen LogP contribution in [-0.4, -0.2) is 36.6 Å². The van der Waals surface area contributed by atoms with Gasteiger partial charge in [-0.25, -0.2) is 4.39 Å². The highest BCUT2D eigenvalue weighted by molar-refractivity contribution is 7.22. The summed E-state index contributed by atoms with van der Waals surface area (Å²) in [5.74, 6) is -0.982. The van der Waals surface area contributed by atoms with Crippen LogP contribution in [0, 0.1) is 11.2 Å². The molecular weight excluding hydrogens is 591 g/mol. The first-order chi connectivity index (χ1) is 21.8. The summed E-state index contributed by atoms with van der Waals surface area (Å²) in [5, 5.41) is 8.93. The molecule has 1 aliphatic rings. The van der Waals surface area contributed by atoms with Gasteiger partial charge < -0.3 is 25.4 Å². The average Bonchev–Trinajstić information content (AvgIpc) is 3.75. The number of rotatable bonds is 12. The highest BCUT2D eigenvalue weighted by atomic mass is 32.1. The van der Waals surface area contributed by atoms with Crippen molar-refractivity contribution < 1.29 is 23.5 Å². The summed E-state index contributed by atoms with van der Waals surface area (Å²) in [4.78, 5) is 31.4. The van der Waals surface area contributed by atoms with E-state index in [0.717, 1.165) is 27.2 Å². The zero-order chi connectivity index (χ0) is 31.4. The van der Waals surface area contributed by atoms with E-state index in [9.17, 15) is 9.59 Å². The number of fused-ring (bicyclic) bond motifs is 1. The summed E-state index contributed by atoms with van der Waals surface area (Å²) in [7, 11) is 1.69. The van der Waals surface area contributed by atoms with Gasteiger partial charge >= 0.3 is 0 Å². The molecule has 0 aliphatic heterocycles. The highest BCUT2D eigenvalue weighted by Gasteiger charge is 2.56. The number of pyridine rings is 1. The van der Waals surface area contributed by atoms with Crippen LogP contribution in [0.15, 0.2) is 91.1 Å². The van der Waals surface area contributed by atoms with Crippen LogP contribution in [-0.2, 0) is 20.9 Å². The molecule has 5 aromatic rings. The van der Waals surface area contributed by atoms with Crippen molar-refractivity contribution in [2.45, 2.75) is 32.4 Å². The molecule has 3 aromatic carbocycles. The number of ether oxygens (including phenoxy) is 2. The lowest BCUT2D eigenvalue weighted by atomic mass is 10.0. The number of carbonyl (C=O) groups excluding carboxylic acids is 2. The van der Waals surface area contributed by atoms with Gasteiger partial charge in [-0.2, -0.15) is 0 Å². The third-order valence-electron chi connectivity index (χ3n) is 7.75. The van der Waals surface area contributed by atoms with E-state index in [1.165, 1.54) is 29.0 Å². The number of para-hydroxylation sites is 1. The molecule has 0 spiro atoms. The van der Waals surface area contributed by atoms with Crippen LogP contribution in [0.5, 0.6) is 11.5 Å². The van der Waals surface area contributed by atoms with Crippen LogP contribution in [0.4, 0.5) is 15.8 Å². The molecule has 2 amide bonds. The molecule has 2 heterocycles. The molecular formula is C35H33FN4O4S. The predicted octanol–water partition coefficient (Wildman–Crippen LogP) is 7.38. The Balaban J connectivity index is 1.12. The molecule has 1 saturated carbocycles. The molecule has 2 aromatic heterocycles. The minimum Gasteiger partial charge on any atom is -0.453 e. The number of amides is 2. The van der Waals surface area contributed by atoms with Gasteiger partial charge in [0.1, 0.15) is 11.2 Å². The second-order valence-corrected chi connectivity index (χ2v) is 12.2. The Morgan fingerprint density at radius 1 is 0.933 bits per heavy atom. The van der Waals surface area contributed by atoms with E-state index in [0.29, 0.717) is 30.9 Å². The van der Waals surface area contributed by atoms with Gasteiger partial charge in [-0.1, -0.05) is 42.5 Å². The van der Waals surface area contributed by atoms with Crippen LogP contribution in [0.25, 0.3) is 20.7 Å². The smallest absolute Gasteiger partial charge is 0.240 e. The van der Waals surface area contributed by atoms with Crippen LogP contribution < -0.4 is 20.7 Å². The zero-order valence-corrected chi connectivity index (χ0v) is 25.7. The third-order valence-corrected chi connectivity index (χ3v) is 8.93. The zero-order valence-electron chi connectivity index (χ0n) is 24.9. The number of carbonyl (C=O) groups is 2. The average molecular weight is 625 g/mol. The highest BCUT2D eigenvalue weighted by Crippen LogP contribution is 2.48. The number of anilines is 2. The van der Waals surface area contributed by atoms with E-state index in [1.54, 1.807) is 49.7 Å². The molecule has 1 unspecified atom stereocenters. The van der Waals surface area contributed by atoms with Crippen LogP contribution in [0.2, 0.25) is 0 Å². The van der Waals surface area contributed by atoms with Crippen LogP contribution >= 0.6 is 11.3 Å². The first kappa shape index (κ1) is 30.4. The van der Waals surface area contributed by atoms with E-state index in [4.69, 9.17) is 9.47 Å². The summed E-state index contributed by atoms with van der Waals surface area (Å²) in [6, 6.07) is 25.5. The third kappa shape index (κ3) is 6.88. The Labute approximate surface area is 264 Å². The molecule has 8 nitrogen and oxygen atoms in total. The fraction of sp³-hybridized carbons (Fsp3) is 0.229. The Hall–Kier alpha value is -4.64. The molecule has 0 bridgehead atoms. The lowest BCUT2D eigenvalue weighted by Crippen LogP contribution is -2.35. The number of thiophene rings is 1. The predicted molar refractivity (Wildman–Crippen MR) is 175 cm³/mol. The van der Waals surface area contributed by atoms with E-state index in [-0.39, 0.29) is 23.4 Å². The van der Waals surface area contributed by atoms with Crippen LogP contribution in [0.3, 0.4) is 0 Å². The molecule has 0 saturated heterocycles. The largest absolute Gasteiger partial charge is 0.453 e. The van der Waals surface area contributed by atoms with Gasteiger partial charge in [-0.15, -0.1) is 11.3 Å². The maximum atomic E-state index is 15.2. The van der Waals surface area contributed by atoms with Crippen molar-refractivity contribution in [2.75, 3.05) is 24.4 Å². The number of nitrogens with zero attached hydrogens (tertiary/aromatic N) is 1. The molecule has 230 valence electrons. The maximum absolute atomic E-state index is 15.2. The summed E-state index contributed by atoms with van der Waals surface area (Å²) in [6.45, 7) is 3.48. The van der Waals surface area contributed by atoms with Gasteiger partial charge in [0.25, 0.3) is 0 Å². The summed E-state index contributed by atoms with van der Waals surface area (Å²) >= 11 is 1.52. The van der Waals surface area contributed by atoms with Gasteiger partial charge in [0.2, 0.25) is 11.8 Å². The normalized spacial score (nSPS) is 14.1. The van der Waals surface area contributed by atoms with Crippen molar-refractivity contribution >= 4 is 44.7 Å². The summed E-state index contributed by atoms with van der Waals surface area (Å²) < 4.78 is 27.2. The fourth-order valence-electron chi connectivity index (χ4n) is 5.01. The minimum absolute atomic E-state index is 0.0120. The van der Waals surface area contributed by atoms with Crippen molar-refractivity contribution in [1.82, 2.24) is 10.3 Å². The molecule has 0 radical (unpaired) electrons. The van der Waals surface area contributed by atoms with E-state index in [2.05, 4.69) is 52.1 Å². The maximum Gasteiger partial charge on any atom is 0.240 e. The summed E-state index contributed by atoms with van der Waals surface area (Å²) in [6.07, 6.45) is 2.49. The Bertz CT molecular complexity index is 1820. The fourth-order valence-corrected chi connectivity index (χ4v) is 6.08. The van der Waals surface area contributed by atoms with E-state index in [1.807, 2.05) is 12.1 Å². The number of aromatic nitrogens is 1. The van der Waals surface area contributed by atoms with Crippen molar-refractivity contribution in [2.24, 2.45) is 5.41 Å². The number of benzene rings is 3. The molecule has 3 N–H and O–H groups in total. The number of hydrogen-bond acceptors (Lipinski definition) is 7. The SMILES string of the molecule is COCC(C)NCc1ccc(-c2cc3nccc(Oc4ccc(NC(=O)C5(C(=O)Nc6ccccc6)CC5)cc4F)c3s2)cc1. The van der Waals surface area contributed by atoms with Crippen molar-refractivity contribution in [3.63, 3.8) is 0 Å². The molecule has 10 heteroatoms. The molecule has 1 fully saturated rings. The van der Waals surface area contributed by atoms with Gasteiger partial charge in [-0.3, -0.25) is 14.6 Å². The van der Waals surface area contributed by atoms with Gasteiger partial charge in [-0.05, 0) is 61.2 Å². The molecule has 1 atom stereocenters. The van der Waals surface area contributed by atoms with Crippen LogP contribution in [0.1, 0.15) is 25.3 Å². The summed E-state index contributed by atoms with van der Waals surface area (Å²) in [5.41, 5.74) is 2.67. The van der Waals surface area contributed by atoms with Gasteiger partial charge in [0, 0.05) is 54.3 Å². The minimum atomic E-state index is -1.17. The van der Waals surface area contributed by atoms with Crippen molar-refractivity contribution in [3.8, 4) is 21.9 Å². The number of hydrogen-bond donors (Lipinski definition) is 3. The lowest BCUT2D eigenvalue weighted by Gasteiger charge is -2.16. The number of methoxy groups -OCH3 is 1. The number of nitrogens with one attached hydrogen (secondary N) is 3. The molecule has 6 rings (SSSR count). The first-order valence-electron chi connectivity index (χ1n) is 14.7. The van der Waals surface area contributed by atoms with Crippen molar-refractivity contribution in [1.29, 1.82) is 0 Å². The standard InChI is InChI=1S/C35H33FN4O4S/c1-22(21-43-2)38-20-23-8-10-24(11-9-23)31-19-28-32(45-31)30(14-17-37-28)44-29-13-12-26(18-27(29)36)40-34(42)35(15-16-35)33(41)39-25-6-4-3-5-7-25/h3-14,17-19,22,38H,15-16,20-21H2,1-2H3,(H,39,41)(H,40,42). The monoisotopic (exact) mass is 624 g/mol. The Kier molecular flexibility index (Phi) is 8.88. The Morgan fingerprint density at radius 2 is 1.67 bits per heavy atom. The quantitative estimate of drug-likeness (QED) is 0.125. The lowest BCUT2D eigenvalue weighted by molar-refractivity contribution is -0.131. The first-order valence-corrected chi connectivity index (χ1v) is 15.5. The van der Waals surface area contributed by atoms with Crippen molar-refractivity contribution in [3.05, 3.63) is 103 Å². The number of halogens is 1. The van der Waals surface area contributed by atoms with E-state index >= 15 is 4.39 Å². The van der Waals surface area contributed by atoms with Gasteiger partial charge in [0.15, 0.2) is 11.6 Å². The topological polar surface area (TPSA) is 102 Å². The Morgan fingerprint density at radius 3 is 2.36 bits per heavy atom. The van der Waals surface area contributed by atoms with E-state index < -0.39 is 17.1 Å².